The molecule has 1 heterocycles. The van der Waals surface area contributed by atoms with Gasteiger partial charge in [0.2, 0.25) is 0 Å². The molecule has 1 aromatic carbocycles. The van der Waals surface area contributed by atoms with E-state index in [-0.39, 0.29) is 19.1 Å². The number of carbonyl (C=O) groups excluding carboxylic acids is 1. The van der Waals surface area contributed by atoms with E-state index in [9.17, 15) is 4.79 Å². The van der Waals surface area contributed by atoms with Crippen LogP contribution < -0.4 is 10.1 Å². The summed E-state index contributed by atoms with van der Waals surface area (Å²) in [4.78, 5) is 13.8. The van der Waals surface area contributed by atoms with Crippen molar-refractivity contribution < 1.29 is 14.6 Å². The molecule has 1 unspecified atom stereocenters. The lowest BCUT2D eigenvalue weighted by Gasteiger charge is -2.25. The minimum Gasteiger partial charge on any atom is -0.484 e. The summed E-state index contributed by atoms with van der Waals surface area (Å²) in [7, 11) is 0. The number of rotatable bonds is 7. The Labute approximate surface area is 129 Å². The Balaban J connectivity index is 1.83. The van der Waals surface area contributed by atoms with Crippen LogP contribution in [0.3, 0.4) is 0 Å². The lowest BCUT2D eigenvalue weighted by molar-refractivity contribution is -0.134. The number of amides is 1. The zero-order valence-electron chi connectivity index (χ0n) is 11.9. The first kappa shape index (κ1) is 16.1. The molecule has 1 aliphatic heterocycles. The summed E-state index contributed by atoms with van der Waals surface area (Å²) in [6.07, 6.45) is 2.19. The monoisotopic (exact) mass is 312 g/mol. The molecule has 0 aliphatic carbocycles. The van der Waals surface area contributed by atoms with E-state index in [0.717, 1.165) is 19.4 Å². The van der Waals surface area contributed by atoms with Gasteiger partial charge in [0.15, 0.2) is 6.61 Å². The van der Waals surface area contributed by atoms with Crippen LogP contribution in [0.15, 0.2) is 24.3 Å². The zero-order chi connectivity index (χ0) is 15.1. The van der Waals surface area contributed by atoms with Gasteiger partial charge in [-0.1, -0.05) is 11.6 Å². The highest BCUT2D eigenvalue weighted by molar-refractivity contribution is 6.30. The Hall–Kier alpha value is -1.30. The third-order valence-corrected chi connectivity index (χ3v) is 3.75. The zero-order valence-corrected chi connectivity index (χ0v) is 12.7. The van der Waals surface area contributed by atoms with Crippen LogP contribution in [0.1, 0.15) is 12.8 Å². The van der Waals surface area contributed by atoms with E-state index in [2.05, 4.69) is 5.32 Å². The van der Waals surface area contributed by atoms with Gasteiger partial charge in [-0.2, -0.15) is 0 Å². The van der Waals surface area contributed by atoms with Gasteiger partial charge in [-0.05, 0) is 43.7 Å². The highest BCUT2D eigenvalue weighted by atomic mass is 35.5. The van der Waals surface area contributed by atoms with Gasteiger partial charge in [-0.15, -0.1) is 0 Å². The summed E-state index contributed by atoms with van der Waals surface area (Å²) >= 11 is 5.80. The normalized spacial score (nSPS) is 17.7. The summed E-state index contributed by atoms with van der Waals surface area (Å²) < 4.78 is 5.46. The Bertz CT molecular complexity index is 447. The molecule has 21 heavy (non-hydrogen) atoms. The van der Waals surface area contributed by atoms with E-state index < -0.39 is 0 Å². The second-order valence-corrected chi connectivity index (χ2v) is 5.54. The Morgan fingerprint density at radius 3 is 2.81 bits per heavy atom. The largest absolute Gasteiger partial charge is 0.484 e. The molecule has 6 heteroatoms. The van der Waals surface area contributed by atoms with Crippen LogP contribution in [0.25, 0.3) is 0 Å². The number of ether oxygens (including phenoxy) is 1. The van der Waals surface area contributed by atoms with Crippen LogP contribution in [0.4, 0.5) is 0 Å². The molecule has 1 amide bonds. The number of benzene rings is 1. The van der Waals surface area contributed by atoms with Crippen LogP contribution in [-0.2, 0) is 4.79 Å². The van der Waals surface area contributed by atoms with E-state index in [0.29, 0.717) is 29.9 Å². The fraction of sp³-hybridized carbons (Fsp3) is 0.533. The van der Waals surface area contributed by atoms with Gasteiger partial charge in [-0.3, -0.25) is 4.79 Å². The smallest absolute Gasteiger partial charge is 0.260 e. The number of nitrogens with one attached hydrogen (secondary N) is 1. The Kier molecular flexibility index (Phi) is 6.29. The molecule has 0 spiro atoms. The minimum absolute atomic E-state index is 0.0334. The van der Waals surface area contributed by atoms with Crippen molar-refractivity contribution in [2.24, 2.45) is 0 Å². The molecule has 1 atom stereocenters. The van der Waals surface area contributed by atoms with Gasteiger partial charge in [-0.25, -0.2) is 0 Å². The number of halogens is 1. The van der Waals surface area contributed by atoms with Crippen molar-refractivity contribution in [3.63, 3.8) is 0 Å². The number of nitrogens with zero attached hydrogens (tertiary/aromatic N) is 1. The van der Waals surface area contributed by atoms with Crippen LogP contribution in [0.5, 0.6) is 5.75 Å². The fourth-order valence-electron chi connectivity index (χ4n) is 2.38. The van der Waals surface area contributed by atoms with Gasteiger partial charge in [0.05, 0.1) is 6.61 Å². The number of hydrogen-bond acceptors (Lipinski definition) is 4. The van der Waals surface area contributed by atoms with E-state index in [1.54, 1.807) is 29.2 Å². The lowest BCUT2D eigenvalue weighted by Crippen LogP contribution is -2.44. The second-order valence-electron chi connectivity index (χ2n) is 5.10. The highest BCUT2D eigenvalue weighted by Crippen LogP contribution is 2.15. The molecule has 0 saturated carbocycles. The molecule has 2 rings (SSSR count). The van der Waals surface area contributed by atoms with Crippen LogP contribution in [0.2, 0.25) is 5.02 Å². The predicted molar refractivity (Wildman–Crippen MR) is 81.6 cm³/mol. The molecule has 1 aromatic rings. The molecule has 1 aliphatic rings. The van der Waals surface area contributed by atoms with Gasteiger partial charge < -0.3 is 20.1 Å². The number of aliphatic hydroxyl groups excluding tert-OH is 1. The first-order valence-electron chi connectivity index (χ1n) is 7.19. The molecule has 0 radical (unpaired) electrons. The molecule has 116 valence electrons. The summed E-state index contributed by atoms with van der Waals surface area (Å²) in [5, 5.41) is 13.1. The number of aliphatic hydroxyl groups is 1. The van der Waals surface area contributed by atoms with Crippen LogP contribution in [-0.4, -0.2) is 54.8 Å². The molecule has 0 aromatic heterocycles. The molecule has 1 fully saturated rings. The third kappa shape index (κ3) is 5.19. The van der Waals surface area contributed by atoms with E-state index in [1.807, 2.05) is 0 Å². The predicted octanol–water partition coefficient (Wildman–Crippen LogP) is 1.29. The molecule has 5 nitrogen and oxygen atoms in total. The van der Waals surface area contributed by atoms with Crippen molar-refractivity contribution in [3.8, 4) is 5.75 Å². The average Bonchev–Trinajstić information content (AvgIpc) is 2.99. The van der Waals surface area contributed by atoms with Crippen molar-refractivity contribution in [2.75, 3.05) is 32.8 Å². The van der Waals surface area contributed by atoms with Crippen LogP contribution >= 0.6 is 11.6 Å². The van der Waals surface area contributed by atoms with Crippen molar-refractivity contribution in [1.82, 2.24) is 10.2 Å². The summed E-state index contributed by atoms with van der Waals surface area (Å²) in [6, 6.07) is 7.20. The van der Waals surface area contributed by atoms with Gasteiger partial charge in [0.1, 0.15) is 5.75 Å². The maximum Gasteiger partial charge on any atom is 0.260 e. The molecule has 1 saturated heterocycles. The molecule has 0 bridgehead atoms. The van der Waals surface area contributed by atoms with Gasteiger partial charge in [0.25, 0.3) is 5.91 Å². The Morgan fingerprint density at radius 2 is 2.19 bits per heavy atom. The van der Waals surface area contributed by atoms with Gasteiger partial charge >= 0.3 is 0 Å². The first-order valence-corrected chi connectivity index (χ1v) is 7.57. The summed E-state index contributed by atoms with van der Waals surface area (Å²) in [5.74, 6) is 0.489. The quantitative estimate of drug-likeness (QED) is 0.796. The topological polar surface area (TPSA) is 61.8 Å². The molecule has 2 N–H and O–H groups in total. The Morgan fingerprint density at radius 1 is 1.43 bits per heavy atom. The minimum atomic E-state index is -0.118. The van der Waals surface area contributed by atoms with Crippen LogP contribution in [0, 0.1) is 0 Å². The maximum absolute atomic E-state index is 12.2. The molecular weight excluding hydrogens is 292 g/mol. The second kappa shape index (κ2) is 8.22. The standard InChI is InChI=1S/C15H21ClN2O3/c16-12-3-5-14(6-4-12)21-11-15(20)18(8-9-19)10-13-2-1-7-17-13/h3-6,13,17,19H,1-2,7-11H2. The maximum atomic E-state index is 12.2. The van der Waals surface area contributed by atoms with Crippen molar-refractivity contribution in [2.45, 2.75) is 18.9 Å². The average molecular weight is 313 g/mol. The number of carbonyl (C=O) groups is 1. The molecular formula is C15H21ClN2O3. The van der Waals surface area contributed by atoms with Crippen molar-refractivity contribution >= 4 is 17.5 Å². The lowest BCUT2D eigenvalue weighted by atomic mass is 10.2. The number of hydrogen-bond donors (Lipinski definition) is 2. The first-order chi connectivity index (χ1) is 10.2. The van der Waals surface area contributed by atoms with E-state index in [1.165, 1.54) is 0 Å². The van der Waals surface area contributed by atoms with Gasteiger partial charge in [0, 0.05) is 24.2 Å². The SMILES string of the molecule is O=C(COc1ccc(Cl)cc1)N(CCO)CC1CCCN1. The van der Waals surface area contributed by atoms with Crippen molar-refractivity contribution in [1.29, 1.82) is 0 Å². The van der Waals surface area contributed by atoms with E-state index in [4.69, 9.17) is 21.4 Å². The fourth-order valence-corrected chi connectivity index (χ4v) is 2.51. The highest BCUT2D eigenvalue weighted by Gasteiger charge is 2.21. The third-order valence-electron chi connectivity index (χ3n) is 3.50. The summed E-state index contributed by atoms with van der Waals surface area (Å²) in [6.45, 7) is 1.87. The summed E-state index contributed by atoms with van der Waals surface area (Å²) in [5.41, 5.74) is 0. The van der Waals surface area contributed by atoms with Crippen molar-refractivity contribution in [3.05, 3.63) is 29.3 Å². The van der Waals surface area contributed by atoms with E-state index >= 15 is 0 Å².